The maximum absolute atomic E-state index is 12.1. The lowest BCUT2D eigenvalue weighted by atomic mass is 10.3. The number of nitro groups is 2. The van der Waals surface area contributed by atoms with E-state index in [1.54, 1.807) is 6.07 Å². The second-order valence-corrected chi connectivity index (χ2v) is 5.39. The summed E-state index contributed by atoms with van der Waals surface area (Å²) in [6.45, 7) is 0.774. The molecule has 0 aliphatic carbocycles. The highest BCUT2D eigenvalue weighted by atomic mass is 35.5. The minimum atomic E-state index is -0.982. The lowest BCUT2D eigenvalue weighted by molar-refractivity contribution is -0.424. The van der Waals surface area contributed by atoms with Gasteiger partial charge in [-0.15, -0.1) is 0 Å². The highest BCUT2D eigenvalue weighted by Gasteiger charge is 2.35. The van der Waals surface area contributed by atoms with E-state index in [-0.39, 0.29) is 21.4 Å². The molecule has 0 aliphatic heterocycles. The van der Waals surface area contributed by atoms with Gasteiger partial charge in [0.15, 0.2) is 0 Å². The van der Waals surface area contributed by atoms with Crippen LogP contribution in [-0.2, 0) is 11.3 Å². The molecule has 0 unspecified atom stereocenters. The molecule has 1 heterocycles. The van der Waals surface area contributed by atoms with Crippen LogP contribution in [0.25, 0.3) is 0 Å². The van der Waals surface area contributed by atoms with Crippen molar-refractivity contribution < 1.29 is 14.6 Å². The molecule has 1 aromatic carbocycles. The van der Waals surface area contributed by atoms with E-state index in [1.807, 2.05) is 0 Å². The normalized spacial score (nSPS) is 10.5. The van der Waals surface area contributed by atoms with Crippen LogP contribution >= 0.6 is 23.2 Å². The Morgan fingerprint density at radius 1 is 1.25 bits per heavy atom. The molecule has 1 N–H and O–H groups in total. The third-order valence-electron chi connectivity index (χ3n) is 3.03. The molecule has 1 aromatic heterocycles. The van der Waals surface area contributed by atoms with E-state index >= 15 is 0 Å². The summed E-state index contributed by atoms with van der Waals surface area (Å²) in [5.74, 6) is -1.58. The number of benzene rings is 1. The van der Waals surface area contributed by atoms with Crippen molar-refractivity contribution in [2.45, 2.75) is 13.5 Å². The number of anilines is 1. The van der Waals surface area contributed by atoms with Gasteiger partial charge in [-0.25, -0.2) is 0 Å². The van der Waals surface area contributed by atoms with Gasteiger partial charge in [0.25, 0.3) is 0 Å². The van der Waals surface area contributed by atoms with Crippen molar-refractivity contribution in [1.82, 2.24) is 9.78 Å². The fourth-order valence-electron chi connectivity index (χ4n) is 1.94. The Morgan fingerprint density at radius 3 is 2.29 bits per heavy atom. The van der Waals surface area contributed by atoms with E-state index in [2.05, 4.69) is 10.4 Å². The summed E-state index contributed by atoms with van der Waals surface area (Å²) in [6.07, 6.45) is 0. The smallest absolute Gasteiger partial charge is 0.358 e. The first kappa shape index (κ1) is 17.6. The Kier molecular flexibility index (Phi) is 5.00. The Balaban J connectivity index is 2.28. The number of nitrogens with one attached hydrogen (secondary N) is 1. The molecule has 24 heavy (non-hydrogen) atoms. The number of aromatic nitrogens is 2. The van der Waals surface area contributed by atoms with E-state index in [0.717, 1.165) is 4.68 Å². The number of halogens is 2. The molecule has 12 heteroatoms. The number of para-hydroxylation sites is 1. The predicted molar refractivity (Wildman–Crippen MR) is 85.4 cm³/mol. The van der Waals surface area contributed by atoms with E-state index < -0.39 is 33.8 Å². The van der Waals surface area contributed by atoms with E-state index in [9.17, 15) is 25.0 Å². The van der Waals surface area contributed by atoms with Gasteiger partial charge in [-0.2, -0.15) is 4.68 Å². The van der Waals surface area contributed by atoms with Crippen molar-refractivity contribution in [3.63, 3.8) is 0 Å². The largest absolute Gasteiger partial charge is 0.468 e. The molecule has 0 bridgehead atoms. The van der Waals surface area contributed by atoms with Crippen molar-refractivity contribution in [3.8, 4) is 0 Å². The van der Waals surface area contributed by atoms with Crippen LogP contribution in [0.3, 0.4) is 0 Å². The van der Waals surface area contributed by atoms with Gasteiger partial charge in [0.2, 0.25) is 5.91 Å². The fraction of sp³-hybridized carbons (Fsp3) is 0.167. The Labute approximate surface area is 144 Å². The maximum atomic E-state index is 12.1. The molecule has 0 spiro atoms. The zero-order valence-electron chi connectivity index (χ0n) is 12.0. The molecule has 0 atom stereocenters. The molecule has 0 saturated carbocycles. The number of nitrogens with zero attached hydrogens (tertiary/aromatic N) is 4. The van der Waals surface area contributed by atoms with Gasteiger partial charge < -0.3 is 15.4 Å². The summed E-state index contributed by atoms with van der Waals surface area (Å²) >= 11 is 11.8. The highest BCUT2D eigenvalue weighted by molar-refractivity contribution is 6.39. The SMILES string of the molecule is Cc1c([N+](=O)[O-])c([N+](=O)[O-])nn1CC(=O)Nc1c(Cl)cccc1Cl. The highest BCUT2D eigenvalue weighted by Crippen LogP contribution is 2.31. The van der Waals surface area contributed by atoms with E-state index in [4.69, 9.17) is 23.2 Å². The lowest BCUT2D eigenvalue weighted by Crippen LogP contribution is -2.20. The third kappa shape index (κ3) is 3.44. The standard InChI is InChI=1S/C12H9Cl2N5O5/c1-6-11(18(21)22)12(19(23)24)16-17(6)5-9(20)15-10-7(13)3-2-4-8(10)14/h2-4H,5H2,1H3,(H,15,20). The predicted octanol–water partition coefficient (Wildman–Crippen LogP) is 2.95. The van der Waals surface area contributed by atoms with Gasteiger partial charge in [0.05, 0.1) is 25.8 Å². The summed E-state index contributed by atoms with van der Waals surface area (Å²) in [5, 5.41) is 28.1. The molecule has 1 amide bonds. The number of carbonyl (C=O) groups is 1. The van der Waals surface area contributed by atoms with Crippen LogP contribution in [0, 0.1) is 27.2 Å². The van der Waals surface area contributed by atoms with Gasteiger partial charge in [-0.1, -0.05) is 29.3 Å². The zero-order valence-corrected chi connectivity index (χ0v) is 13.5. The van der Waals surface area contributed by atoms with Gasteiger partial charge in [0.1, 0.15) is 12.2 Å². The summed E-state index contributed by atoms with van der Waals surface area (Å²) in [5.41, 5.74) is -0.713. The molecule has 126 valence electrons. The Bertz CT molecular complexity index is 830. The molecule has 10 nitrogen and oxygen atoms in total. The minimum Gasteiger partial charge on any atom is -0.358 e. The minimum absolute atomic E-state index is 0.118. The lowest BCUT2D eigenvalue weighted by Gasteiger charge is -2.08. The molecule has 2 aromatic rings. The summed E-state index contributed by atoms with van der Waals surface area (Å²) < 4.78 is 0.871. The molecule has 0 fully saturated rings. The number of rotatable bonds is 5. The van der Waals surface area contributed by atoms with Crippen molar-refractivity contribution in [1.29, 1.82) is 0 Å². The average molecular weight is 374 g/mol. The first-order valence-electron chi connectivity index (χ1n) is 6.32. The van der Waals surface area contributed by atoms with Crippen molar-refractivity contribution >= 4 is 46.3 Å². The van der Waals surface area contributed by atoms with Gasteiger partial charge in [-0.3, -0.25) is 14.9 Å². The summed E-state index contributed by atoms with van der Waals surface area (Å²) in [4.78, 5) is 32.0. The number of amides is 1. The van der Waals surface area contributed by atoms with Crippen molar-refractivity contribution in [2.75, 3.05) is 5.32 Å². The van der Waals surface area contributed by atoms with Crippen LogP contribution in [0.1, 0.15) is 5.69 Å². The van der Waals surface area contributed by atoms with Crippen molar-refractivity contribution in [2.24, 2.45) is 0 Å². The number of hydrogen-bond donors (Lipinski definition) is 1. The summed E-state index contributed by atoms with van der Waals surface area (Å²) in [6, 6.07) is 4.61. The second-order valence-electron chi connectivity index (χ2n) is 4.57. The molecule has 0 aliphatic rings. The molecular formula is C12H9Cl2N5O5. The van der Waals surface area contributed by atoms with Crippen LogP contribution < -0.4 is 5.32 Å². The van der Waals surface area contributed by atoms with Crippen LogP contribution in [0.15, 0.2) is 18.2 Å². The van der Waals surface area contributed by atoms with Crippen LogP contribution in [0.2, 0.25) is 10.0 Å². The third-order valence-corrected chi connectivity index (χ3v) is 3.66. The molecular weight excluding hydrogens is 365 g/mol. The zero-order chi connectivity index (χ0) is 18.0. The Morgan fingerprint density at radius 2 is 1.83 bits per heavy atom. The van der Waals surface area contributed by atoms with E-state index in [0.29, 0.717) is 0 Å². The molecule has 0 saturated heterocycles. The second kappa shape index (κ2) is 6.81. The monoisotopic (exact) mass is 373 g/mol. The quantitative estimate of drug-likeness (QED) is 0.632. The first-order chi connectivity index (χ1) is 11.2. The first-order valence-corrected chi connectivity index (χ1v) is 7.08. The molecule has 2 rings (SSSR count). The van der Waals surface area contributed by atoms with Crippen LogP contribution in [0.5, 0.6) is 0 Å². The topological polar surface area (TPSA) is 133 Å². The summed E-state index contributed by atoms with van der Waals surface area (Å²) in [7, 11) is 0. The number of carbonyl (C=O) groups excluding carboxylic acids is 1. The molecule has 0 radical (unpaired) electrons. The van der Waals surface area contributed by atoms with Crippen LogP contribution in [-0.4, -0.2) is 25.5 Å². The fourth-order valence-corrected chi connectivity index (χ4v) is 2.44. The van der Waals surface area contributed by atoms with Gasteiger partial charge >= 0.3 is 11.5 Å². The number of hydrogen-bond acceptors (Lipinski definition) is 6. The van der Waals surface area contributed by atoms with Gasteiger partial charge in [-0.05, 0) is 24.0 Å². The van der Waals surface area contributed by atoms with Gasteiger partial charge in [0, 0.05) is 0 Å². The maximum Gasteiger partial charge on any atom is 0.468 e. The Hall–Kier alpha value is -2.72. The average Bonchev–Trinajstić information content (AvgIpc) is 2.80. The van der Waals surface area contributed by atoms with Crippen molar-refractivity contribution in [3.05, 3.63) is 54.2 Å². The van der Waals surface area contributed by atoms with Crippen LogP contribution in [0.4, 0.5) is 17.2 Å². The van der Waals surface area contributed by atoms with E-state index in [1.165, 1.54) is 19.1 Å².